The van der Waals surface area contributed by atoms with Crippen molar-refractivity contribution >= 4 is 17.9 Å². The molecule has 0 aliphatic rings. The van der Waals surface area contributed by atoms with Crippen LogP contribution < -0.4 is 0 Å². The molecule has 332 valence electrons. The van der Waals surface area contributed by atoms with Crippen molar-refractivity contribution in [3.63, 3.8) is 0 Å². The molecule has 1 unspecified atom stereocenters. The van der Waals surface area contributed by atoms with Gasteiger partial charge in [0.15, 0.2) is 6.10 Å². The molecular formula is C53H84O6. The quantitative estimate of drug-likeness (QED) is 0.0265. The van der Waals surface area contributed by atoms with Crippen LogP contribution in [0.2, 0.25) is 0 Å². The summed E-state index contributed by atoms with van der Waals surface area (Å²) < 4.78 is 16.7. The zero-order valence-electron chi connectivity index (χ0n) is 37.7. The molecule has 1 atom stereocenters. The first-order chi connectivity index (χ1) is 29.0. The highest BCUT2D eigenvalue weighted by Gasteiger charge is 2.19. The normalized spacial score (nSPS) is 13.1. The SMILES string of the molecule is CC\C=C/C=C\C=C/C=C\CCCCCC(=O)OC(COC(=O)CCCCCCC\C=C/C=C\C=C/C=C\C=C/CCC)COC(=O)CCCCCCCCCCCC. The molecule has 0 aliphatic heterocycles. The molecule has 0 heterocycles. The average molecular weight is 817 g/mol. The largest absolute Gasteiger partial charge is 0.462 e. The Labute approximate surface area is 361 Å². The molecule has 0 saturated carbocycles. The van der Waals surface area contributed by atoms with Crippen molar-refractivity contribution in [1.29, 1.82) is 0 Å². The summed E-state index contributed by atoms with van der Waals surface area (Å²) in [7, 11) is 0. The lowest BCUT2D eigenvalue weighted by Gasteiger charge is -2.18. The fourth-order valence-corrected chi connectivity index (χ4v) is 5.95. The van der Waals surface area contributed by atoms with E-state index in [1.165, 1.54) is 51.4 Å². The van der Waals surface area contributed by atoms with E-state index in [1.54, 1.807) is 0 Å². The van der Waals surface area contributed by atoms with Gasteiger partial charge in [0.25, 0.3) is 0 Å². The second-order valence-electron chi connectivity index (χ2n) is 15.1. The number of unbranched alkanes of at least 4 members (excludes halogenated alkanes) is 18. The van der Waals surface area contributed by atoms with Crippen LogP contribution in [0.15, 0.2) is 109 Å². The third kappa shape index (κ3) is 45.0. The summed E-state index contributed by atoms with van der Waals surface area (Å²) in [6, 6.07) is 0. The second-order valence-corrected chi connectivity index (χ2v) is 15.1. The zero-order valence-corrected chi connectivity index (χ0v) is 37.7. The Hall–Kier alpha value is -3.93. The number of hydrogen-bond acceptors (Lipinski definition) is 6. The maximum absolute atomic E-state index is 12.7. The summed E-state index contributed by atoms with van der Waals surface area (Å²) >= 11 is 0. The van der Waals surface area contributed by atoms with Gasteiger partial charge in [-0.2, -0.15) is 0 Å². The van der Waals surface area contributed by atoms with Crippen molar-refractivity contribution < 1.29 is 28.6 Å². The van der Waals surface area contributed by atoms with Crippen LogP contribution in [0.3, 0.4) is 0 Å². The van der Waals surface area contributed by atoms with Crippen LogP contribution in [0.4, 0.5) is 0 Å². The van der Waals surface area contributed by atoms with Crippen LogP contribution in [-0.4, -0.2) is 37.2 Å². The maximum atomic E-state index is 12.7. The molecular weight excluding hydrogens is 733 g/mol. The van der Waals surface area contributed by atoms with E-state index in [-0.39, 0.29) is 37.5 Å². The fourth-order valence-electron chi connectivity index (χ4n) is 5.95. The highest BCUT2D eigenvalue weighted by atomic mass is 16.6. The van der Waals surface area contributed by atoms with Crippen LogP contribution >= 0.6 is 0 Å². The predicted octanol–water partition coefficient (Wildman–Crippen LogP) is 15.2. The van der Waals surface area contributed by atoms with E-state index < -0.39 is 6.10 Å². The Morgan fingerprint density at radius 1 is 0.356 bits per heavy atom. The number of carbonyl (C=O) groups excluding carboxylic acids is 3. The van der Waals surface area contributed by atoms with Gasteiger partial charge in [-0.15, -0.1) is 0 Å². The highest BCUT2D eigenvalue weighted by Crippen LogP contribution is 2.13. The Morgan fingerprint density at radius 3 is 1.12 bits per heavy atom. The van der Waals surface area contributed by atoms with Gasteiger partial charge in [-0.3, -0.25) is 14.4 Å². The lowest BCUT2D eigenvalue weighted by molar-refractivity contribution is -0.167. The Balaban J connectivity index is 4.50. The first-order valence-electron chi connectivity index (χ1n) is 23.5. The predicted molar refractivity (Wildman–Crippen MR) is 251 cm³/mol. The molecule has 0 aromatic carbocycles. The number of ether oxygens (including phenoxy) is 3. The van der Waals surface area contributed by atoms with Crippen LogP contribution in [0, 0.1) is 0 Å². The van der Waals surface area contributed by atoms with E-state index in [4.69, 9.17) is 14.2 Å². The smallest absolute Gasteiger partial charge is 0.306 e. The summed E-state index contributed by atoms with van der Waals surface area (Å²) in [4.78, 5) is 37.8. The van der Waals surface area contributed by atoms with E-state index >= 15 is 0 Å². The van der Waals surface area contributed by atoms with Crippen LogP contribution in [-0.2, 0) is 28.6 Å². The Morgan fingerprint density at radius 2 is 0.695 bits per heavy atom. The third-order valence-electron chi connectivity index (χ3n) is 9.47. The molecule has 0 spiro atoms. The number of carbonyl (C=O) groups is 3. The topological polar surface area (TPSA) is 78.9 Å². The van der Waals surface area contributed by atoms with Crippen LogP contribution in [0.5, 0.6) is 0 Å². The summed E-state index contributed by atoms with van der Waals surface area (Å²) in [5.74, 6) is -0.981. The van der Waals surface area contributed by atoms with Crippen molar-refractivity contribution in [2.24, 2.45) is 0 Å². The minimum atomic E-state index is -0.808. The minimum absolute atomic E-state index is 0.104. The number of hydrogen-bond donors (Lipinski definition) is 0. The number of allylic oxidation sites excluding steroid dienone is 18. The van der Waals surface area contributed by atoms with Gasteiger partial charge in [-0.05, 0) is 57.8 Å². The summed E-state index contributed by atoms with van der Waals surface area (Å²) in [5, 5.41) is 0. The molecule has 0 rings (SSSR count). The van der Waals surface area contributed by atoms with Crippen molar-refractivity contribution in [1.82, 2.24) is 0 Å². The van der Waals surface area contributed by atoms with Crippen LogP contribution in [0.1, 0.15) is 188 Å². The van der Waals surface area contributed by atoms with E-state index in [2.05, 4.69) is 57.2 Å². The van der Waals surface area contributed by atoms with Gasteiger partial charge >= 0.3 is 17.9 Å². The number of esters is 3. The third-order valence-corrected chi connectivity index (χ3v) is 9.47. The molecule has 0 saturated heterocycles. The first-order valence-corrected chi connectivity index (χ1v) is 23.5. The average Bonchev–Trinajstić information content (AvgIpc) is 3.23. The Kier molecular flexibility index (Phi) is 43.6. The summed E-state index contributed by atoms with van der Waals surface area (Å²) in [6.45, 7) is 6.31. The van der Waals surface area contributed by atoms with Crippen molar-refractivity contribution in [3.05, 3.63) is 109 Å². The van der Waals surface area contributed by atoms with E-state index in [9.17, 15) is 14.4 Å². The second kappa shape index (κ2) is 46.8. The van der Waals surface area contributed by atoms with Gasteiger partial charge in [0.2, 0.25) is 0 Å². The molecule has 0 fully saturated rings. The summed E-state index contributed by atoms with van der Waals surface area (Å²) in [5.41, 5.74) is 0. The molecule has 0 aliphatic carbocycles. The highest BCUT2D eigenvalue weighted by molar-refractivity contribution is 5.71. The van der Waals surface area contributed by atoms with Gasteiger partial charge in [0, 0.05) is 19.3 Å². The molecule has 6 nitrogen and oxygen atoms in total. The van der Waals surface area contributed by atoms with Crippen molar-refractivity contribution in [2.75, 3.05) is 13.2 Å². The van der Waals surface area contributed by atoms with Crippen molar-refractivity contribution in [2.45, 2.75) is 194 Å². The molecule has 6 heteroatoms. The van der Waals surface area contributed by atoms with E-state index in [0.717, 1.165) is 89.9 Å². The molecule has 0 N–H and O–H groups in total. The van der Waals surface area contributed by atoms with Gasteiger partial charge in [-0.25, -0.2) is 0 Å². The summed E-state index contributed by atoms with van der Waals surface area (Å²) in [6.07, 6.45) is 62.1. The zero-order chi connectivity index (χ0) is 43.0. The monoisotopic (exact) mass is 817 g/mol. The van der Waals surface area contributed by atoms with E-state index in [1.807, 2.05) is 72.9 Å². The van der Waals surface area contributed by atoms with Gasteiger partial charge < -0.3 is 14.2 Å². The maximum Gasteiger partial charge on any atom is 0.306 e. The number of rotatable bonds is 40. The lowest BCUT2D eigenvalue weighted by Crippen LogP contribution is -2.30. The van der Waals surface area contributed by atoms with Crippen LogP contribution in [0.25, 0.3) is 0 Å². The molecule has 59 heavy (non-hydrogen) atoms. The van der Waals surface area contributed by atoms with Gasteiger partial charge in [0.05, 0.1) is 0 Å². The lowest BCUT2D eigenvalue weighted by atomic mass is 10.1. The first kappa shape index (κ1) is 55.1. The fraction of sp³-hybridized carbons (Fsp3) is 0.604. The Bertz CT molecular complexity index is 1260. The molecule has 0 amide bonds. The molecule has 0 bridgehead atoms. The van der Waals surface area contributed by atoms with Gasteiger partial charge in [0.1, 0.15) is 13.2 Å². The van der Waals surface area contributed by atoms with Gasteiger partial charge in [-0.1, -0.05) is 220 Å². The van der Waals surface area contributed by atoms with E-state index in [0.29, 0.717) is 19.3 Å². The molecule has 0 aromatic heterocycles. The molecule has 0 aromatic rings. The standard InChI is InChI=1S/C53H84O6/c1-4-7-10-13-16-19-22-24-25-26-27-28-30-31-34-37-40-43-46-52(55)58-49-50(48-57-51(54)45-42-39-36-33-21-18-15-12-9-6-3)59-53(56)47-44-41-38-35-32-29-23-20-17-14-11-8-5-2/h8,10-11,13-14,16-17,19-20,22-29,32,50H,4-7,9,12,15,18,21,30-31,33-49H2,1-3H3/b11-8-,13-10-,17-14-,19-16-,23-20-,24-22-,26-25-,28-27-,32-29-. The van der Waals surface area contributed by atoms with Crippen molar-refractivity contribution in [3.8, 4) is 0 Å². The molecule has 0 radical (unpaired) electrons. The minimum Gasteiger partial charge on any atom is -0.462 e.